The fraction of sp³-hybridized carbons (Fsp3) is 0.533. The molecule has 4 nitrogen and oxygen atoms in total. The maximum atomic E-state index is 12.8. The Bertz CT molecular complexity index is 572. The van der Waals surface area contributed by atoms with Crippen molar-refractivity contribution in [1.29, 1.82) is 0 Å². The second-order valence-electron chi connectivity index (χ2n) is 5.77. The Morgan fingerprint density at radius 1 is 1.41 bits per heavy atom. The molecular weight excluding hydrogens is 297 g/mol. The molecule has 0 aliphatic carbocycles. The number of fused-ring (bicyclic) bond motifs is 1. The molecule has 2 atom stereocenters. The number of hydrogen-bond acceptors (Lipinski definition) is 3. The van der Waals surface area contributed by atoms with Crippen LogP contribution >= 0.6 is 0 Å². The summed E-state index contributed by atoms with van der Waals surface area (Å²) in [7, 11) is 0. The van der Waals surface area contributed by atoms with Crippen molar-refractivity contribution in [3.05, 3.63) is 29.3 Å². The summed E-state index contributed by atoms with van der Waals surface area (Å²) in [6.45, 7) is 5.22. The van der Waals surface area contributed by atoms with Crippen LogP contribution in [-0.4, -0.2) is 18.2 Å². The molecule has 0 fully saturated rings. The van der Waals surface area contributed by atoms with Crippen molar-refractivity contribution in [1.82, 2.24) is 0 Å². The Kier molecular flexibility index (Phi) is 4.37. The van der Waals surface area contributed by atoms with Crippen molar-refractivity contribution in [3.63, 3.8) is 0 Å². The molecule has 0 bridgehead atoms. The third-order valence-electron chi connectivity index (χ3n) is 3.58. The number of benzene rings is 1. The van der Waals surface area contributed by atoms with E-state index in [1.54, 1.807) is 20.8 Å². The van der Waals surface area contributed by atoms with Gasteiger partial charge >= 0.3 is 12.3 Å². The number of nitrogens with zero attached hydrogens (tertiary/aromatic N) is 1. The molecular formula is C15H19F3N2O2. The summed E-state index contributed by atoms with van der Waals surface area (Å²) in [6.07, 6.45) is -4.95. The first-order valence-corrected chi connectivity index (χ1v) is 7.07. The maximum Gasteiger partial charge on any atom is 0.416 e. The molecule has 0 aromatic heterocycles. The van der Waals surface area contributed by atoms with E-state index in [-0.39, 0.29) is 12.1 Å². The highest BCUT2D eigenvalue weighted by Gasteiger charge is 2.37. The molecule has 1 aliphatic heterocycles. The van der Waals surface area contributed by atoms with Crippen molar-refractivity contribution in [3.8, 4) is 0 Å². The van der Waals surface area contributed by atoms with E-state index in [9.17, 15) is 18.0 Å². The highest BCUT2D eigenvalue weighted by molar-refractivity contribution is 5.90. The third-order valence-corrected chi connectivity index (χ3v) is 3.58. The lowest BCUT2D eigenvalue weighted by Gasteiger charge is -2.38. The lowest BCUT2D eigenvalue weighted by molar-refractivity contribution is -0.137. The van der Waals surface area contributed by atoms with E-state index in [0.717, 1.165) is 12.1 Å². The van der Waals surface area contributed by atoms with Crippen LogP contribution in [0.5, 0.6) is 0 Å². The predicted molar refractivity (Wildman–Crippen MR) is 76.5 cm³/mol. The van der Waals surface area contributed by atoms with Gasteiger partial charge in [0.2, 0.25) is 0 Å². The normalized spacial score (nSPS) is 21.7. The molecule has 0 saturated carbocycles. The minimum Gasteiger partial charge on any atom is -0.446 e. The van der Waals surface area contributed by atoms with Crippen LogP contribution in [0.3, 0.4) is 0 Å². The van der Waals surface area contributed by atoms with Gasteiger partial charge < -0.3 is 10.5 Å². The highest BCUT2D eigenvalue weighted by atomic mass is 19.4. The number of alkyl halides is 3. The summed E-state index contributed by atoms with van der Waals surface area (Å²) < 4.78 is 43.7. The van der Waals surface area contributed by atoms with Gasteiger partial charge in [-0.25, -0.2) is 4.79 Å². The fourth-order valence-electron chi connectivity index (χ4n) is 2.62. The van der Waals surface area contributed by atoms with Gasteiger partial charge in [-0.05, 0) is 51.0 Å². The molecule has 0 spiro atoms. The molecule has 2 N–H and O–H groups in total. The Balaban J connectivity index is 2.45. The molecule has 22 heavy (non-hydrogen) atoms. The molecule has 1 aromatic rings. The van der Waals surface area contributed by atoms with Gasteiger partial charge in [0.05, 0.1) is 17.4 Å². The molecule has 0 radical (unpaired) electrons. The van der Waals surface area contributed by atoms with Crippen molar-refractivity contribution in [2.24, 2.45) is 5.73 Å². The van der Waals surface area contributed by atoms with Crippen molar-refractivity contribution in [2.45, 2.75) is 51.6 Å². The van der Waals surface area contributed by atoms with Gasteiger partial charge in [0.15, 0.2) is 0 Å². The standard InChI is InChI=1S/C15H19F3N2O2/c1-8(2)22-14(21)20-9(3)6-12(19)11-7-10(15(16,17)18)4-5-13(11)20/h4-5,7-9,12H,6,19H2,1-3H3/t9-,12+/m1/s1. The van der Waals surface area contributed by atoms with E-state index in [2.05, 4.69) is 0 Å². The first kappa shape index (κ1) is 16.6. The molecule has 0 saturated heterocycles. The van der Waals surface area contributed by atoms with Crippen LogP contribution in [0.15, 0.2) is 18.2 Å². The second-order valence-corrected chi connectivity index (χ2v) is 5.77. The van der Waals surface area contributed by atoms with Gasteiger partial charge in [-0.1, -0.05) is 0 Å². The lowest BCUT2D eigenvalue weighted by Crippen LogP contribution is -2.45. The number of hydrogen-bond donors (Lipinski definition) is 1. The Labute approximate surface area is 127 Å². The Hall–Kier alpha value is -1.76. The first-order valence-electron chi connectivity index (χ1n) is 7.07. The zero-order valence-electron chi connectivity index (χ0n) is 12.6. The SMILES string of the molecule is CC(C)OC(=O)N1c2ccc(C(F)(F)F)cc2[C@@H](N)C[C@H]1C. The summed E-state index contributed by atoms with van der Waals surface area (Å²) in [5, 5.41) is 0. The number of ether oxygens (including phenoxy) is 1. The van der Waals surface area contributed by atoms with Gasteiger partial charge in [-0.3, -0.25) is 4.90 Å². The predicted octanol–water partition coefficient (Wildman–Crippen LogP) is 3.85. The minimum absolute atomic E-state index is 0.245. The number of anilines is 1. The number of nitrogens with two attached hydrogens (primary N) is 1. The van der Waals surface area contributed by atoms with E-state index in [0.29, 0.717) is 17.7 Å². The van der Waals surface area contributed by atoms with Gasteiger partial charge in [0.1, 0.15) is 0 Å². The minimum atomic E-state index is -4.44. The summed E-state index contributed by atoms with van der Waals surface area (Å²) in [5.74, 6) is 0. The Morgan fingerprint density at radius 3 is 2.59 bits per heavy atom. The number of rotatable bonds is 1. The largest absolute Gasteiger partial charge is 0.446 e. The summed E-state index contributed by atoms with van der Waals surface area (Å²) >= 11 is 0. The number of carbonyl (C=O) groups excluding carboxylic acids is 1. The quantitative estimate of drug-likeness (QED) is 0.856. The molecule has 1 aromatic carbocycles. The molecule has 7 heteroatoms. The lowest BCUT2D eigenvalue weighted by atomic mass is 9.91. The molecule has 1 amide bonds. The smallest absolute Gasteiger partial charge is 0.416 e. The number of halogens is 3. The van der Waals surface area contributed by atoms with Crippen LogP contribution in [0.4, 0.5) is 23.7 Å². The maximum absolute atomic E-state index is 12.8. The van der Waals surface area contributed by atoms with Gasteiger partial charge in [0.25, 0.3) is 0 Å². The molecule has 0 unspecified atom stereocenters. The zero-order chi connectivity index (χ0) is 16.7. The molecule has 1 heterocycles. The summed E-state index contributed by atoms with van der Waals surface area (Å²) in [5.41, 5.74) is 5.89. The Morgan fingerprint density at radius 2 is 2.05 bits per heavy atom. The fourth-order valence-corrected chi connectivity index (χ4v) is 2.62. The van der Waals surface area contributed by atoms with E-state index in [4.69, 9.17) is 10.5 Å². The highest BCUT2D eigenvalue weighted by Crippen LogP contribution is 2.40. The van der Waals surface area contributed by atoms with Gasteiger partial charge in [-0.2, -0.15) is 13.2 Å². The van der Waals surface area contributed by atoms with Crippen LogP contribution in [0, 0.1) is 0 Å². The number of amides is 1. The second kappa shape index (κ2) is 5.79. The summed E-state index contributed by atoms with van der Waals surface area (Å²) in [4.78, 5) is 13.6. The topological polar surface area (TPSA) is 55.6 Å². The molecule has 1 aliphatic rings. The first-order chi connectivity index (χ1) is 10.1. The average Bonchev–Trinajstić information content (AvgIpc) is 2.36. The molecule has 122 valence electrons. The van der Waals surface area contributed by atoms with E-state index >= 15 is 0 Å². The molecule has 2 rings (SSSR count). The van der Waals surface area contributed by atoms with Crippen LogP contribution in [0.25, 0.3) is 0 Å². The zero-order valence-corrected chi connectivity index (χ0v) is 12.6. The van der Waals surface area contributed by atoms with E-state index in [1.165, 1.54) is 11.0 Å². The van der Waals surface area contributed by atoms with Crippen LogP contribution < -0.4 is 10.6 Å². The van der Waals surface area contributed by atoms with Crippen molar-refractivity contribution in [2.75, 3.05) is 4.90 Å². The third kappa shape index (κ3) is 3.19. The van der Waals surface area contributed by atoms with Crippen molar-refractivity contribution < 1.29 is 22.7 Å². The van der Waals surface area contributed by atoms with Crippen LogP contribution in [0.2, 0.25) is 0 Å². The van der Waals surface area contributed by atoms with E-state index < -0.39 is 23.9 Å². The van der Waals surface area contributed by atoms with Crippen LogP contribution in [0.1, 0.15) is 44.4 Å². The average molecular weight is 316 g/mol. The van der Waals surface area contributed by atoms with Gasteiger partial charge in [-0.15, -0.1) is 0 Å². The summed E-state index contributed by atoms with van der Waals surface area (Å²) in [6, 6.07) is 2.47. The van der Waals surface area contributed by atoms with E-state index in [1.807, 2.05) is 0 Å². The number of carbonyl (C=O) groups is 1. The monoisotopic (exact) mass is 316 g/mol. The van der Waals surface area contributed by atoms with Crippen LogP contribution in [-0.2, 0) is 10.9 Å². The van der Waals surface area contributed by atoms with Gasteiger partial charge in [0, 0.05) is 12.1 Å². The van der Waals surface area contributed by atoms with Crippen molar-refractivity contribution >= 4 is 11.8 Å².